The van der Waals surface area contributed by atoms with E-state index in [0.717, 1.165) is 11.6 Å². The van der Waals surface area contributed by atoms with Crippen molar-refractivity contribution in [3.05, 3.63) is 59.7 Å². The SMILES string of the molecule is COc1cc(C=CC(=O)OCC(O)CO)ccc1OS(=O)(=O)c1ccc(C)cc1. The maximum absolute atomic E-state index is 12.4. The Kier molecular flexibility index (Phi) is 7.77. The first-order valence-electron chi connectivity index (χ1n) is 8.58. The van der Waals surface area contributed by atoms with Gasteiger partial charge in [-0.15, -0.1) is 0 Å². The first kappa shape index (κ1) is 22.4. The molecule has 1 atom stereocenters. The maximum atomic E-state index is 12.4. The number of hydrogen-bond acceptors (Lipinski definition) is 8. The van der Waals surface area contributed by atoms with Crippen LogP contribution in [0.5, 0.6) is 11.5 Å². The summed E-state index contributed by atoms with van der Waals surface area (Å²) in [7, 11) is -2.68. The van der Waals surface area contributed by atoms with Gasteiger partial charge >= 0.3 is 16.1 Å². The number of ether oxygens (including phenoxy) is 2. The van der Waals surface area contributed by atoms with Gasteiger partial charge in [0.2, 0.25) is 0 Å². The maximum Gasteiger partial charge on any atom is 0.339 e. The molecule has 0 bridgehead atoms. The molecule has 0 saturated carbocycles. The lowest BCUT2D eigenvalue weighted by Gasteiger charge is -2.11. The van der Waals surface area contributed by atoms with Crippen LogP contribution in [0.4, 0.5) is 0 Å². The molecule has 29 heavy (non-hydrogen) atoms. The van der Waals surface area contributed by atoms with Crippen molar-refractivity contribution in [1.29, 1.82) is 0 Å². The fourth-order valence-electron chi connectivity index (χ4n) is 2.17. The fraction of sp³-hybridized carbons (Fsp3) is 0.250. The van der Waals surface area contributed by atoms with Gasteiger partial charge in [-0.3, -0.25) is 0 Å². The summed E-state index contributed by atoms with van der Waals surface area (Å²) in [6.07, 6.45) is 1.41. The summed E-state index contributed by atoms with van der Waals surface area (Å²) in [6, 6.07) is 10.7. The lowest BCUT2D eigenvalue weighted by Crippen LogP contribution is -2.21. The van der Waals surface area contributed by atoms with E-state index in [-0.39, 0.29) is 23.0 Å². The summed E-state index contributed by atoms with van der Waals surface area (Å²) >= 11 is 0. The summed E-state index contributed by atoms with van der Waals surface area (Å²) in [4.78, 5) is 11.6. The lowest BCUT2D eigenvalue weighted by atomic mass is 10.2. The van der Waals surface area contributed by atoms with Gasteiger partial charge in [-0.2, -0.15) is 8.42 Å². The molecule has 2 aromatic carbocycles. The highest BCUT2D eigenvalue weighted by molar-refractivity contribution is 7.87. The van der Waals surface area contributed by atoms with Gasteiger partial charge in [0.1, 0.15) is 17.6 Å². The Morgan fingerprint density at radius 3 is 2.45 bits per heavy atom. The van der Waals surface area contributed by atoms with Crippen LogP contribution in [-0.2, 0) is 19.6 Å². The molecular weight excluding hydrogens is 400 g/mol. The molecule has 0 fully saturated rings. The minimum atomic E-state index is -4.04. The lowest BCUT2D eigenvalue weighted by molar-refractivity contribution is -0.141. The third-order valence-electron chi connectivity index (χ3n) is 3.74. The van der Waals surface area contributed by atoms with Crippen LogP contribution in [-0.4, -0.2) is 51.0 Å². The van der Waals surface area contributed by atoms with E-state index in [4.69, 9.17) is 23.9 Å². The number of carbonyl (C=O) groups is 1. The molecule has 0 aliphatic heterocycles. The molecule has 0 saturated heterocycles. The number of aliphatic hydroxyl groups excluding tert-OH is 2. The minimum Gasteiger partial charge on any atom is -0.493 e. The predicted octanol–water partition coefficient (Wildman–Crippen LogP) is 1.68. The van der Waals surface area contributed by atoms with E-state index in [1.54, 1.807) is 12.1 Å². The van der Waals surface area contributed by atoms with E-state index in [1.165, 1.54) is 43.5 Å². The molecule has 2 N–H and O–H groups in total. The molecular formula is C20H22O8S. The molecule has 0 spiro atoms. The molecule has 0 radical (unpaired) electrons. The monoisotopic (exact) mass is 422 g/mol. The first-order chi connectivity index (χ1) is 13.7. The highest BCUT2D eigenvalue weighted by atomic mass is 32.2. The smallest absolute Gasteiger partial charge is 0.339 e. The average Bonchev–Trinajstić information content (AvgIpc) is 2.71. The number of esters is 1. The van der Waals surface area contributed by atoms with Gasteiger partial charge in [-0.25, -0.2) is 4.79 Å². The second-order valence-corrected chi connectivity index (χ2v) is 7.61. The highest BCUT2D eigenvalue weighted by Gasteiger charge is 2.19. The van der Waals surface area contributed by atoms with Gasteiger partial charge in [0.25, 0.3) is 0 Å². The summed E-state index contributed by atoms with van der Waals surface area (Å²) in [5.74, 6) is -0.551. The number of hydrogen-bond donors (Lipinski definition) is 2. The molecule has 0 amide bonds. The van der Waals surface area contributed by atoms with E-state index in [9.17, 15) is 13.2 Å². The number of benzene rings is 2. The van der Waals surface area contributed by atoms with Crippen LogP contribution in [0.2, 0.25) is 0 Å². The number of aliphatic hydroxyl groups is 2. The molecule has 156 valence electrons. The Balaban J connectivity index is 2.13. The molecule has 9 heteroatoms. The molecule has 0 heterocycles. The molecule has 2 rings (SSSR count). The molecule has 0 aromatic heterocycles. The fourth-order valence-corrected chi connectivity index (χ4v) is 3.11. The van der Waals surface area contributed by atoms with Gasteiger partial charge in [0, 0.05) is 6.08 Å². The number of methoxy groups -OCH3 is 1. The van der Waals surface area contributed by atoms with Gasteiger partial charge in [0.15, 0.2) is 11.5 Å². The molecule has 2 aromatic rings. The predicted molar refractivity (Wildman–Crippen MR) is 105 cm³/mol. The Morgan fingerprint density at radius 1 is 1.14 bits per heavy atom. The van der Waals surface area contributed by atoms with Crippen molar-refractivity contribution in [2.24, 2.45) is 0 Å². The van der Waals surface area contributed by atoms with Gasteiger partial charge in [0.05, 0.1) is 13.7 Å². The van der Waals surface area contributed by atoms with Gasteiger partial charge in [-0.1, -0.05) is 23.8 Å². The largest absolute Gasteiger partial charge is 0.493 e. The van der Waals surface area contributed by atoms with Gasteiger partial charge in [-0.05, 0) is 42.8 Å². The zero-order valence-electron chi connectivity index (χ0n) is 15.9. The number of rotatable bonds is 9. The minimum absolute atomic E-state index is 0.00105. The van der Waals surface area contributed by atoms with Crippen molar-refractivity contribution in [2.75, 3.05) is 20.3 Å². The van der Waals surface area contributed by atoms with Crippen molar-refractivity contribution in [2.45, 2.75) is 17.9 Å². The van der Waals surface area contributed by atoms with Crippen molar-refractivity contribution < 1.29 is 37.1 Å². The van der Waals surface area contributed by atoms with Crippen LogP contribution in [0.15, 0.2) is 53.4 Å². The van der Waals surface area contributed by atoms with Gasteiger partial charge < -0.3 is 23.9 Å². The van der Waals surface area contributed by atoms with Crippen molar-refractivity contribution in [1.82, 2.24) is 0 Å². The summed E-state index contributed by atoms with van der Waals surface area (Å²) < 4.78 is 40.0. The second-order valence-electron chi connectivity index (χ2n) is 6.06. The Labute approximate surface area is 169 Å². The second kappa shape index (κ2) is 10.1. The quantitative estimate of drug-likeness (QED) is 0.356. The normalized spacial score (nSPS) is 12.6. The van der Waals surface area contributed by atoms with Crippen molar-refractivity contribution >= 4 is 22.2 Å². The molecule has 0 aliphatic rings. The van der Waals surface area contributed by atoms with E-state index in [0.29, 0.717) is 5.56 Å². The van der Waals surface area contributed by atoms with Crippen LogP contribution < -0.4 is 8.92 Å². The van der Waals surface area contributed by atoms with E-state index < -0.39 is 28.8 Å². The van der Waals surface area contributed by atoms with Crippen LogP contribution in [0, 0.1) is 6.92 Å². The van der Waals surface area contributed by atoms with E-state index in [1.807, 2.05) is 6.92 Å². The summed E-state index contributed by atoms with van der Waals surface area (Å²) in [5.41, 5.74) is 1.45. The van der Waals surface area contributed by atoms with E-state index in [2.05, 4.69) is 0 Å². The average molecular weight is 422 g/mol. The summed E-state index contributed by atoms with van der Waals surface area (Å²) in [6.45, 7) is 1.00. The Morgan fingerprint density at radius 2 is 1.83 bits per heavy atom. The molecule has 0 aliphatic carbocycles. The van der Waals surface area contributed by atoms with E-state index >= 15 is 0 Å². The van der Waals surface area contributed by atoms with Crippen molar-refractivity contribution in [3.8, 4) is 11.5 Å². The van der Waals surface area contributed by atoms with Crippen LogP contribution in [0.3, 0.4) is 0 Å². The Bertz CT molecular complexity index is 964. The zero-order chi connectivity index (χ0) is 21.4. The van der Waals surface area contributed by atoms with Crippen LogP contribution in [0.1, 0.15) is 11.1 Å². The topological polar surface area (TPSA) is 119 Å². The number of aryl methyl sites for hydroxylation is 1. The Hall–Kier alpha value is -2.88. The zero-order valence-corrected chi connectivity index (χ0v) is 16.8. The van der Waals surface area contributed by atoms with Crippen LogP contribution >= 0.6 is 0 Å². The highest BCUT2D eigenvalue weighted by Crippen LogP contribution is 2.31. The first-order valence-corrected chi connectivity index (χ1v) is 9.99. The van der Waals surface area contributed by atoms with Crippen molar-refractivity contribution in [3.63, 3.8) is 0 Å². The third kappa shape index (κ3) is 6.60. The third-order valence-corrected chi connectivity index (χ3v) is 4.99. The number of carbonyl (C=O) groups excluding carboxylic acids is 1. The molecule has 8 nitrogen and oxygen atoms in total. The van der Waals surface area contributed by atoms with Crippen LogP contribution in [0.25, 0.3) is 6.08 Å². The summed E-state index contributed by atoms with van der Waals surface area (Å²) in [5, 5.41) is 17.8. The molecule has 1 unspecified atom stereocenters. The standard InChI is InChI=1S/C20H22O8S/c1-14-3-7-17(8-4-14)29(24,25)28-18-9-5-15(11-19(18)26-2)6-10-20(23)27-13-16(22)12-21/h3-11,16,21-22H,12-13H2,1-2H3.